The van der Waals surface area contributed by atoms with Crippen molar-refractivity contribution in [3.63, 3.8) is 0 Å². The maximum atomic E-state index is 13.3. The summed E-state index contributed by atoms with van der Waals surface area (Å²) in [5.74, 6) is 0.722. The number of ether oxygens (including phenoxy) is 3. The molecule has 1 amide bonds. The molecule has 0 atom stereocenters. The number of thiophene rings is 2. The van der Waals surface area contributed by atoms with E-state index >= 15 is 0 Å². The predicted molar refractivity (Wildman–Crippen MR) is 152 cm³/mol. The highest BCUT2D eigenvalue weighted by Crippen LogP contribution is 2.47. The molecular formula is C25H20N6O4S3. The molecule has 192 valence electrons. The Morgan fingerprint density at radius 1 is 1.08 bits per heavy atom. The Morgan fingerprint density at radius 3 is 2.42 bits per heavy atom. The summed E-state index contributed by atoms with van der Waals surface area (Å²) in [5.41, 5.74) is 14.7. The van der Waals surface area contributed by atoms with Crippen molar-refractivity contribution in [3.05, 3.63) is 45.5 Å². The summed E-state index contributed by atoms with van der Waals surface area (Å²) in [6.07, 6.45) is 0. The van der Waals surface area contributed by atoms with Crippen molar-refractivity contribution >= 4 is 66.8 Å². The van der Waals surface area contributed by atoms with Crippen molar-refractivity contribution in [2.45, 2.75) is 0 Å². The summed E-state index contributed by atoms with van der Waals surface area (Å²) >= 11 is 3.96. The highest BCUT2D eigenvalue weighted by molar-refractivity contribution is 7.21. The third kappa shape index (κ3) is 4.24. The molecule has 38 heavy (non-hydrogen) atoms. The molecule has 5 N–H and O–H groups in total. The molecule has 4 aromatic heterocycles. The molecule has 0 aliphatic rings. The zero-order chi connectivity index (χ0) is 27.0. The fourth-order valence-corrected chi connectivity index (χ4v) is 6.46. The number of nitrogen functional groups attached to an aromatic ring is 2. The standard InChI is InChI=1S/C25H20N6O4S3/c1-33-14-7-11(8-15(34-2)20(14)35-3)17-12(9-26)22(28)30-24-18(17)19(27)21(38-24)23(32)31-25-29-13(10-37-25)16-5-4-6-36-16/h4-8,10H,27H2,1-3H3,(H2,28,30)(H,29,31,32). The first-order valence-corrected chi connectivity index (χ1v) is 13.5. The van der Waals surface area contributed by atoms with Gasteiger partial charge in [-0.3, -0.25) is 10.1 Å². The number of methoxy groups -OCH3 is 3. The number of thiazole rings is 1. The minimum absolute atomic E-state index is 0.0115. The second-order valence-electron chi connectivity index (χ2n) is 7.77. The molecule has 0 saturated carbocycles. The van der Waals surface area contributed by atoms with Crippen LogP contribution in [0, 0.1) is 11.3 Å². The summed E-state index contributed by atoms with van der Waals surface area (Å²) in [4.78, 5) is 23.8. The van der Waals surface area contributed by atoms with Crippen molar-refractivity contribution in [2.24, 2.45) is 0 Å². The fourth-order valence-electron chi connectivity index (χ4n) is 3.99. The highest BCUT2D eigenvalue weighted by Gasteiger charge is 2.26. The average Bonchev–Trinajstić information content (AvgIpc) is 3.68. The molecular weight excluding hydrogens is 545 g/mol. The van der Waals surface area contributed by atoms with Gasteiger partial charge in [-0.25, -0.2) is 9.97 Å². The van der Waals surface area contributed by atoms with E-state index in [-0.39, 0.29) is 21.9 Å². The van der Waals surface area contributed by atoms with Crippen LogP contribution in [0.1, 0.15) is 15.2 Å². The average molecular weight is 565 g/mol. The molecule has 0 saturated heterocycles. The largest absolute Gasteiger partial charge is 0.493 e. The van der Waals surface area contributed by atoms with Gasteiger partial charge >= 0.3 is 0 Å². The van der Waals surface area contributed by atoms with Crippen molar-refractivity contribution in [3.8, 4) is 45.0 Å². The SMILES string of the molecule is COc1cc(-c2c(C#N)c(N)nc3sc(C(=O)Nc4nc(-c5cccs5)cs4)c(N)c23)cc(OC)c1OC. The van der Waals surface area contributed by atoms with Crippen molar-refractivity contribution in [1.82, 2.24) is 9.97 Å². The lowest BCUT2D eigenvalue weighted by Crippen LogP contribution is -2.11. The number of nitriles is 1. The van der Waals surface area contributed by atoms with Gasteiger partial charge in [0.2, 0.25) is 5.75 Å². The van der Waals surface area contributed by atoms with E-state index in [1.807, 2.05) is 22.9 Å². The predicted octanol–water partition coefficient (Wildman–Crippen LogP) is 5.46. The first-order valence-electron chi connectivity index (χ1n) is 10.9. The minimum atomic E-state index is -0.439. The van der Waals surface area contributed by atoms with Gasteiger partial charge in [0, 0.05) is 16.3 Å². The number of nitrogens with one attached hydrogen (secondary N) is 1. The van der Waals surface area contributed by atoms with Gasteiger partial charge in [-0.15, -0.1) is 34.0 Å². The number of rotatable bonds is 7. The number of nitrogens with zero attached hydrogens (tertiary/aromatic N) is 3. The molecule has 0 spiro atoms. The Morgan fingerprint density at radius 2 is 1.82 bits per heavy atom. The third-order valence-corrected chi connectivity index (χ3v) is 8.42. The quantitative estimate of drug-likeness (QED) is 0.233. The van der Waals surface area contributed by atoms with Gasteiger partial charge in [-0.05, 0) is 29.1 Å². The van der Waals surface area contributed by atoms with Gasteiger partial charge in [0.1, 0.15) is 27.2 Å². The van der Waals surface area contributed by atoms with Crippen LogP contribution in [0.4, 0.5) is 16.6 Å². The molecule has 4 heterocycles. The number of fused-ring (bicyclic) bond motifs is 1. The van der Waals surface area contributed by atoms with Crippen LogP contribution in [0.2, 0.25) is 0 Å². The molecule has 0 radical (unpaired) electrons. The first kappa shape index (κ1) is 25.3. The van der Waals surface area contributed by atoms with Crippen LogP contribution < -0.4 is 31.0 Å². The summed E-state index contributed by atoms with van der Waals surface area (Å²) in [6.45, 7) is 0. The van der Waals surface area contributed by atoms with Gasteiger partial charge in [0.05, 0.1) is 37.6 Å². The first-order chi connectivity index (χ1) is 18.4. The lowest BCUT2D eigenvalue weighted by atomic mass is 9.96. The van der Waals surface area contributed by atoms with Crippen LogP contribution in [0.15, 0.2) is 35.0 Å². The van der Waals surface area contributed by atoms with Crippen LogP contribution in [0.3, 0.4) is 0 Å². The van der Waals surface area contributed by atoms with Crippen LogP contribution >= 0.6 is 34.0 Å². The summed E-state index contributed by atoms with van der Waals surface area (Å²) in [7, 11) is 4.48. The number of pyridine rings is 1. The summed E-state index contributed by atoms with van der Waals surface area (Å²) < 4.78 is 16.4. The van der Waals surface area contributed by atoms with Crippen LogP contribution in [-0.4, -0.2) is 37.2 Å². The maximum absolute atomic E-state index is 13.3. The van der Waals surface area contributed by atoms with Gasteiger partial charge < -0.3 is 25.7 Å². The maximum Gasteiger partial charge on any atom is 0.269 e. The number of benzene rings is 1. The van der Waals surface area contributed by atoms with E-state index in [0.717, 1.165) is 21.9 Å². The minimum Gasteiger partial charge on any atom is -0.493 e. The Bertz CT molecular complexity index is 1690. The molecule has 0 bridgehead atoms. The number of anilines is 3. The highest BCUT2D eigenvalue weighted by atomic mass is 32.1. The number of hydrogen-bond donors (Lipinski definition) is 3. The molecule has 5 aromatic rings. The smallest absolute Gasteiger partial charge is 0.269 e. The lowest BCUT2D eigenvalue weighted by molar-refractivity contribution is 0.103. The topological polar surface area (TPSA) is 158 Å². The molecule has 10 nitrogen and oxygen atoms in total. The van der Waals surface area contributed by atoms with Gasteiger partial charge in [-0.2, -0.15) is 5.26 Å². The molecule has 13 heteroatoms. The number of carbonyl (C=O) groups is 1. The lowest BCUT2D eigenvalue weighted by Gasteiger charge is -2.16. The number of carbonyl (C=O) groups excluding carboxylic acids is 1. The Kier molecular flexibility index (Phi) is 6.77. The van der Waals surface area contributed by atoms with E-state index < -0.39 is 5.91 Å². The second-order valence-corrected chi connectivity index (χ2v) is 10.6. The summed E-state index contributed by atoms with van der Waals surface area (Å²) in [5, 5.41) is 17.5. The molecule has 0 unspecified atom stereocenters. The van der Waals surface area contributed by atoms with Crippen LogP contribution in [0.25, 0.3) is 31.9 Å². The van der Waals surface area contributed by atoms with Gasteiger partial charge in [0.25, 0.3) is 5.91 Å². The van der Waals surface area contributed by atoms with E-state index in [1.165, 1.54) is 32.7 Å². The van der Waals surface area contributed by atoms with Gasteiger partial charge in [0.15, 0.2) is 16.6 Å². The molecule has 0 aliphatic heterocycles. The van der Waals surface area contributed by atoms with E-state index in [2.05, 4.69) is 21.4 Å². The zero-order valence-corrected chi connectivity index (χ0v) is 22.8. The number of hydrogen-bond acceptors (Lipinski definition) is 12. The van der Waals surface area contributed by atoms with Crippen molar-refractivity contribution in [2.75, 3.05) is 38.1 Å². The van der Waals surface area contributed by atoms with E-state index in [0.29, 0.717) is 43.7 Å². The second kappa shape index (κ2) is 10.2. The fraction of sp³-hybridized carbons (Fsp3) is 0.120. The normalized spacial score (nSPS) is 10.8. The zero-order valence-electron chi connectivity index (χ0n) is 20.3. The Hall–Kier alpha value is -4.38. The molecule has 5 rings (SSSR count). The van der Waals surface area contributed by atoms with Gasteiger partial charge in [-0.1, -0.05) is 6.07 Å². The van der Waals surface area contributed by atoms with E-state index in [1.54, 1.807) is 23.5 Å². The van der Waals surface area contributed by atoms with Crippen LogP contribution in [-0.2, 0) is 0 Å². The van der Waals surface area contributed by atoms with Crippen molar-refractivity contribution < 1.29 is 19.0 Å². The number of nitrogens with two attached hydrogens (primary N) is 2. The molecule has 1 aromatic carbocycles. The Balaban J connectivity index is 1.63. The molecule has 0 fully saturated rings. The third-order valence-electron chi connectivity index (χ3n) is 5.67. The Labute approximate surface area is 229 Å². The van der Waals surface area contributed by atoms with E-state index in [9.17, 15) is 10.1 Å². The molecule has 0 aliphatic carbocycles. The van der Waals surface area contributed by atoms with Crippen LogP contribution in [0.5, 0.6) is 17.2 Å². The number of aromatic nitrogens is 2. The van der Waals surface area contributed by atoms with E-state index in [4.69, 9.17) is 25.7 Å². The summed E-state index contributed by atoms with van der Waals surface area (Å²) in [6, 6.07) is 9.40. The monoisotopic (exact) mass is 564 g/mol. The number of amides is 1. The van der Waals surface area contributed by atoms with Crippen molar-refractivity contribution in [1.29, 1.82) is 5.26 Å².